The summed E-state index contributed by atoms with van der Waals surface area (Å²) in [5.74, 6) is -2.44. The number of halogens is 3. The summed E-state index contributed by atoms with van der Waals surface area (Å²) in [5.41, 5.74) is 6.57. The second-order valence-electron chi connectivity index (χ2n) is 17.6. The summed E-state index contributed by atoms with van der Waals surface area (Å²) in [6, 6.07) is 42.0. The maximum atomic E-state index is 13.2. The van der Waals surface area contributed by atoms with E-state index in [4.69, 9.17) is 26.9 Å². The second kappa shape index (κ2) is 26.3. The van der Waals surface area contributed by atoms with Crippen molar-refractivity contribution >= 4 is 53.1 Å². The van der Waals surface area contributed by atoms with Gasteiger partial charge in [0.2, 0.25) is 10.0 Å². The first-order valence-electron chi connectivity index (χ1n) is 22.3. The Hall–Kier alpha value is -7.45. The molecule has 380 valence electrons. The molecule has 19 heteroatoms. The van der Waals surface area contributed by atoms with E-state index in [1.807, 2.05) is 72.8 Å². The quantitative estimate of drug-likeness (QED) is 0.0607. The van der Waals surface area contributed by atoms with Crippen molar-refractivity contribution in [1.82, 2.24) is 15.4 Å². The van der Waals surface area contributed by atoms with Gasteiger partial charge in [-0.15, -0.1) is 0 Å². The van der Waals surface area contributed by atoms with Crippen LogP contribution in [0.2, 0.25) is 0 Å². The van der Waals surface area contributed by atoms with Gasteiger partial charge in [-0.25, -0.2) is 25.6 Å². The number of amides is 2. The van der Waals surface area contributed by atoms with Crippen molar-refractivity contribution in [2.75, 3.05) is 0 Å². The molecule has 2 atom stereocenters. The van der Waals surface area contributed by atoms with Gasteiger partial charge in [-0.3, -0.25) is 19.2 Å². The van der Waals surface area contributed by atoms with Crippen LogP contribution >= 0.6 is 10.7 Å². The van der Waals surface area contributed by atoms with Crippen LogP contribution in [0.25, 0.3) is 0 Å². The van der Waals surface area contributed by atoms with Crippen molar-refractivity contribution in [3.8, 4) is 12.1 Å². The molecule has 2 amide bonds. The number of nitriles is 2. The van der Waals surface area contributed by atoms with Gasteiger partial charge in [-0.1, -0.05) is 84.9 Å². The van der Waals surface area contributed by atoms with E-state index in [-0.39, 0.29) is 58.2 Å². The molecule has 73 heavy (non-hydrogen) atoms. The summed E-state index contributed by atoms with van der Waals surface area (Å²) in [7, 11) is -2.46. The lowest BCUT2D eigenvalue weighted by Crippen LogP contribution is -2.43. The van der Waals surface area contributed by atoms with E-state index in [2.05, 4.69) is 15.4 Å². The first-order valence-corrected chi connectivity index (χ1v) is 26.1. The van der Waals surface area contributed by atoms with E-state index in [0.29, 0.717) is 11.1 Å². The molecule has 0 spiro atoms. The third-order valence-electron chi connectivity index (χ3n) is 10.3. The number of benzene rings is 6. The lowest BCUT2D eigenvalue weighted by Gasteiger charge is -2.19. The van der Waals surface area contributed by atoms with Crippen molar-refractivity contribution in [2.24, 2.45) is 5.73 Å². The molecule has 0 unspecified atom stereocenters. The lowest BCUT2D eigenvalue weighted by atomic mass is 9.97. The maximum absolute atomic E-state index is 13.2. The normalized spacial score (nSPS) is 12.1. The van der Waals surface area contributed by atoms with Crippen molar-refractivity contribution in [1.29, 1.82) is 10.5 Å². The first-order chi connectivity index (χ1) is 34.3. The lowest BCUT2D eigenvalue weighted by molar-refractivity contribution is -0.121. The average molecular weight is 1050 g/mol. The van der Waals surface area contributed by atoms with Gasteiger partial charge in [0, 0.05) is 34.7 Å². The number of carbonyl (C=O) groups is 4. The molecule has 0 aliphatic carbocycles. The zero-order valence-corrected chi connectivity index (χ0v) is 42.6. The largest absolute Gasteiger partial charge is 0.342 e. The number of carbonyl (C=O) groups excluding carboxylic acids is 4. The number of rotatable bonds is 18. The van der Waals surface area contributed by atoms with Crippen LogP contribution in [0.4, 0.5) is 8.78 Å². The molecule has 6 rings (SSSR count). The summed E-state index contributed by atoms with van der Waals surface area (Å²) in [6.07, 6.45) is 0.482. The molecule has 0 saturated carbocycles. The minimum Gasteiger partial charge on any atom is -0.342 e. The summed E-state index contributed by atoms with van der Waals surface area (Å²) < 4.78 is 76.5. The van der Waals surface area contributed by atoms with E-state index in [1.54, 1.807) is 13.8 Å². The molecular formula is C54H53ClF2N6O8S2. The zero-order valence-electron chi connectivity index (χ0n) is 40.2. The van der Waals surface area contributed by atoms with Crippen molar-refractivity contribution < 1.29 is 44.8 Å². The minimum absolute atomic E-state index is 0.0101. The fourth-order valence-electron chi connectivity index (χ4n) is 6.50. The van der Waals surface area contributed by atoms with Gasteiger partial charge in [0.1, 0.15) is 17.2 Å². The molecule has 6 aromatic carbocycles. The zero-order chi connectivity index (χ0) is 54.0. The van der Waals surface area contributed by atoms with Gasteiger partial charge in [0.15, 0.2) is 11.6 Å². The Balaban J connectivity index is 0.000000287. The molecule has 6 aromatic rings. The highest BCUT2D eigenvalue weighted by Crippen LogP contribution is 2.18. The Bertz CT molecular complexity index is 3150. The van der Waals surface area contributed by atoms with E-state index < -0.39 is 65.7 Å². The fourth-order valence-corrected chi connectivity index (χ4v) is 8.60. The smallest absolute Gasteiger partial charge is 0.261 e. The highest BCUT2D eigenvalue weighted by Gasteiger charge is 2.27. The molecule has 0 fully saturated rings. The van der Waals surface area contributed by atoms with Crippen LogP contribution in [-0.4, -0.2) is 63.4 Å². The van der Waals surface area contributed by atoms with Crippen LogP contribution < -0.4 is 21.1 Å². The molecule has 0 aromatic heterocycles. The standard InChI is InChI=1S/C27H26FN3O4S.C23H19ClFNO4S.C4H8N2/c1-27(2,18-29)31-36(34,35)23-14-8-20(9-15-23)17-25(32)24(16-19-6-4-3-5-7-19)30-26(33)21-10-12-22(28)13-11-21;24-31(29,30)20-12-6-17(7-13-20)15-22(27)21(14-16-4-2-1-3-5-16)26-23(28)18-8-10-19(25)11-9-18;1-4(2,6)3-5/h3-15,24,31H,16-17H2,1-2H3,(H,30,33);1-13,21H,14-15H2,(H,26,28);6H2,1-2H3/t24-;21-;/m00./s1. The summed E-state index contributed by atoms with van der Waals surface area (Å²) >= 11 is 0. The number of ketones is 2. The predicted molar refractivity (Wildman–Crippen MR) is 273 cm³/mol. The number of hydrogen-bond acceptors (Lipinski definition) is 11. The molecule has 0 aliphatic heterocycles. The Morgan fingerprint density at radius 1 is 0.548 bits per heavy atom. The Kier molecular flexibility index (Phi) is 20.9. The van der Waals surface area contributed by atoms with E-state index >= 15 is 0 Å². The molecule has 5 N–H and O–H groups in total. The van der Waals surface area contributed by atoms with Gasteiger partial charge in [-0.05, 0) is 136 Å². The van der Waals surface area contributed by atoms with Crippen LogP contribution in [0.3, 0.4) is 0 Å². The van der Waals surface area contributed by atoms with Crippen molar-refractivity contribution in [3.63, 3.8) is 0 Å². The van der Waals surface area contributed by atoms with Crippen LogP contribution in [0.5, 0.6) is 0 Å². The van der Waals surface area contributed by atoms with Crippen molar-refractivity contribution in [3.05, 3.63) is 203 Å². The average Bonchev–Trinajstić information content (AvgIpc) is 3.34. The van der Waals surface area contributed by atoms with E-state index in [1.165, 1.54) is 111 Å². The van der Waals surface area contributed by atoms with Gasteiger partial charge in [-0.2, -0.15) is 15.2 Å². The van der Waals surface area contributed by atoms with Crippen molar-refractivity contribution in [2.45, 2.75) is 86.3 Å². The minimum atomic E-state index is -3.92. The third-order valence-corrected chi connectivity index (χ3v) is 13.4. The molecular weight excluding hydrogens is 998 g/mol. The number of Topliss-reactive ketones (excluding diaryl/α,β-unsaturated/α-hetero) is 2. The number of hydrogen-bond donors (Lipinski definition) is 4. The maximum Gasteiger partial charge on any atom is 0.261 e. The highest BCUT2D eigenvalue weighted by molar-refractivity contribution is 8.13. The molecule has 0 bridgehead atoms. The van der Waals surface area contributed by atoms with Crippen LogP contribution in [0.1, 0.15) is 70.7 Å². The number of nitrogens with one attached hydrogen (secondary N) is 3. The fraction of sp³-hybridized carbons (Fsp3) is 0.222. The molecule has 0 saturated heterocycles. The first kappa shape index (κ1) is 58.1. The number of nitrogens with zero attached hydrogens (tertiary/aromatic N) is 2. The second-order valence-corrected chi connectivity index (χ2v) is 21.9. The van der Waals surface area contributed by atoms with Gasteiger partial charge >= 0.3 is 0 Å². The molecule has 0 radical (unpaired) electrons. The molecule has 0 aliphatic rings. The van der Waals surface area contributed by atoms with Gasteiger partial charge < -0.3 is 16.4 Å². The summed E-state index contributed by atoms with van der Waals surface area (Å²) in [5, 5.41) is 22.6. The Morgan fingerprint density at radius 3 is 1.21 bits per heavy atom. The van der Waals surface area contributed by atoms with E-state index in [9.17, 15) is 44.8 Å². The monoisotopic (exact) mass is 1050 g/mol. The summed E-state index contributed by atoms with van der Waals surface area (Å²) in [4.78, 5) is 51.4. The van der Waals surface area contributed by atoms with Crippen LogP contribution in [0.15, 0.2) is 168 Å². The van der Waals surface area contributed by atoms with Crippen LogP contribution in [-0.2, 0) is 54.3 Å². The van der Waals surface area contributed by atoms with Crippen LogP contribution in [0, 0.1) is 34.3 Å². The SMILES string of the molecule is CC(C)(C#N)NS(=O)(=O)c1ccc(CC(=O)[C@H](Cc2ccccc2)NC(=O)c2ccc(F)cc2)cc1.CC(C)(N)C#N.O=C(N[C@@H](Cc1ccccc1)C(=O)Cc1ccc(S(=O)(=O)Cl)cc1)c1ccc(F)cc1. The summed E-state index contributed by atoms with van der Waals surface area (Å²) in [6.45, 7) is 6.22. The predicted octanol–water partition coefficient (Wildman–Crippen LogP) is 7.71. The third kappa shape index (κ3) is 19.9. The highest BCUT2D eigenvalue weighted by atomic mass is 35.7. The Labute approximate surface area is 428 Å². The molecule has 14 nitrogen and oxygen atoms in total. The molecule has 0 heterocycles. The Morgan fingerprint density at radius 2 is 0.890 bits per heavy atom. The number of nitrogens with two attached hydrogens (primary N) is 1. The van der Waals surface area contributed by atoms with E-state index in [0.717, 1.165) is 11.1 Å². The topological polar surface area (TPSA) is 246 Å². The number of sulfonamides is 1. The van der Waals surface area contributed by atoms with Gasteiger partial charge in [0.05, 0.1) is 39.6 Å². The van der Waals surface area contributed by atoms with Gasteiger partial charge in [0.25, 0.3) is 20.9 Å².